The molecule has 1 heterocycles. The Kier molecular flexibility index (Phi) is 6.08. The van der Waals surface area contributed by atoms with E-state index in [9.17, 15) is 9.59 Å². The lowest BCUT2D eigenvalue weighted by molar-refractivity contribution is -0.116. The highest BCUT2D eigenvalue weighted by Crippen LogP contribution is 2.18. The van der Waals surface area contributed by atoms with E-state index in [0.717, 1.165) is 28.1 Å². The minimum absolute atomic E-state index is 0.118. The SMILES string of the molecule is Cc1ccccc1NC(=O)Cn1c(CCNC(=O)c2ccccc2)nc2ccccc21. The summed E-state index contributed by atoms with van der Waals surface area (Å²) in [5.41, 5.74) is 4.15. The number of carbonyl (C=O) groups is 2. The van der Waals surface area contributed by atoms with Gasteiger partial charge in [0.05, 0.1) is 11.0 Å². The van der Waals surface area contributed by atoms with Crippen LogP contribution in [-0.4, -0.2) is 27.9 Å². The number of hydrogen-bond donors (Lipinski definition) is 2. The Balaban J connectivity index is 1.48. The maximum absolute atomic E-state index is 12.8. The zero-order valence-corrected chi connectivity index (χ0v) is 17.3. The molecule has 156 valence electrons. The van der Waals surface area contributed by atoms with E-state index >= 15 is 0 Å². The van der Waals surface area contributed by atoms with Gasteiger partial charge in [0, 0.05) is 24.2 Å². The van der Waals surface area contributed by atoms with Gasteiger partial charge in [-0.25, -0.2) is 4.98 Å². The van der Waals surface area contributed by atoms with Crippen LogP contribution < -0.4 is 10.6 Å². The van der Waals surface area contributed by atoms with Crippen LogP contribution >= 0.6 is 0 Å². The predicted octanol–water partition coefficient (Wildman–Crippen LogP) is 3.96. The molecular weight excluding hydrogens is 388 g/mol. The monoisotopic (exact) mass is 412 g/mol. The number of nitrogens with one attached hydrogen (secondary N) is 2. The molecule has 0 saturated heterocycles. The van der Waals surface area contributed by atoms with Crippen molar-refractivity contribution in [2.75, 3.05) is 11.9 Å². The van der Waals surface area contributed by atoms with Crippen molar-refractivity contribution < 1.29 is 9.59 Å². The number of amides is 2. The molecule has 0 fully saturated rings. The van der Waals surface area contributed by atoms with E-state index in [2.05, 4.69) is 10.6 Å². The molecule has 0 spiro atoms. The smallest absolute Gasteiger partial charge is 0.251 e. The average molecular weight is 412 g/mol. The van der Waals surface area contributed by atoms with Crippen molar-refractivity contribution in [1.29, 1.82) is 0 Å². The Morgan fingerprint density at radius 1 is 0.903 bits per heavy atom. The first kappa shape index (κ1) is 20.3. The molecule has 0 unspecified atom stereocenters. The minimum Gasteiger partial charge on any atom is -0.352 e. The zero-order valence-electron chi connectivity index (χ0n) is 17.3. The summed E-state index contributed by atoms with van der Waals surface area (Å²) in [7, 11) is 0. The summed E-state index contributed by atoms with van der Waals surface area (Å²) >= 11 is 0. The number of rotatable bonds is 7. The second-order valence-electron chi connectivity index (χ2n) is 7.34. The Morgan fingerprint density at radius 2 is 1.61 bits per heavy atom. The van der Waals surface area contributed by atoms with E-state index in [1.807, 2.05) is 78.2 Å². The zero-order chi connectivity index (χ0) is 21.6. The highest BCUT2D eigenvalue weighted by molar-refractivity contribution is 5.94. The Hall–Kier alpha value is -3.93. The molecule has 0 radical (unpaired) electrons. The molecule has 0 aliphatic carbocycles. The molecule has 2 amide bonds. The average Bonchev–Trinajstić information content (AvgIpc) is 3.13. The first-order valence-electron chi connectivity index (χ1n) is 10.2. The fourth-order valence-electron chi connectivity index (χ4n) is 3.52. The molecule has 31 heavy (non-hydrogen) atoms. The number of imidazole rings is 1. The topological polar surface area (TPSA) is 76.0 Å². The molecule has 1 aromatic heterocycles. The molecule has 0 bridgehead atoms. The van der Waals surface area contributed by atoms with Crippen LogP contribution in [-0.2, 0) is 17.8 Å². The van der Waals surface area contributed by atoms with Crippen LogP contribution in [0, 0.1) is 6.92 Å². The van der Waals surface area contributed by atoms with Crippen LogP contribution in [0.2, 0.25) is 0 Å². The fourth-order valence-corrected chi connectivity index (χ4v) is 3.52. The third kappa shape index (κ3) is 4.80. The molecule has 4 aromatic rings. The highest BCUT2D eigenvalue weighted by atomic mass is 16.2. The summed E-state index contributed by atoms with van der Waals surface area (Å²) < 4.78 is 1.91. The number of aryl methyl sites for hydroxylation is 1. The van der Waals surface area contributed by atoms with Crippen molar-refractivity contribution in [3.05, 3.63) is 95.8 Å². The lowest BCUT2D eigenvalue weighted by atomic mass is 10.2. The van der Waals surface area contributed by atoms with E-state index in [1.54, 1.807) is 12.1 Å². The van der Waals surface area contributed by atoms with Crippen LogP contribution in [0.4, 0.5) is 5.69 Å². The number of fused-ring (bicyclic) bond motifs is 1. The molecule has 2 N–H and O–H groups in total. The number of hydrogen-bond acceptors (Lipinski definition) is 3. The lowest BCUT2D eigenvalue weighted by Crippen LogP contribution is -2.27. The fraction of sp³-hybridized carbons (Fsp3) is 0.160. The van der Waals surface area contributed by atoms with Crippen LogP contribution in [0.5, 0.6) is 0 Å². The van der Waals surface area contributed by atoms with Gasteiger partial charge in [0.1, 0.15) is 12.4 Å². The van der Waals surface area contributed by atoms with Crippen molar-refractivity contribution >= 4 is 28.5 Å². The summed E-state index contributed by atoms with van der Waals surface area (Å²) in [5.74, 6) is 0.516. The number of nitrogens with zero attached hydrogens (tertiary/aromatic N) is 2. The van der Waals surface area contributed by atoms with Gasteiger partial charge in [-0.05, 0) is 42.8 Å². The van der Waals surface area contributed by atoms with Crippen molar-refractivity contribution in [3.63, 3.8) is 0 Å². The number of benzene rings is 3. The first-order chi connectivity index (χ1) is 15.1. The first-order valence-corrected chi connectivity index (χ1v) is 10.2. The highest BCUT2D eigenvalue weighted by Gasteiger charge is 2.14. The quantitative estimate of drug-likeness (QED) is 0.482. The van der Waals surface area contributed by atoms with Crippen molar-refractivity contribution in [2.24, 2.45) is 0 Å². The molecule has 0 atom stereocenters. The molecule has 3 aromatic carbocycles. The Labute approximate surface area is 180 Å². The van der Waals surface area contributed by atoms with Gasteiger partial charge in [-0.15, -0.1) is 0 Å². The number of anilines is 1. The maximum atomic E-state index is 12.8. The molecule has 4 rings (SSSR count). The van der Waals surface area contributed by atoms with Gasteiger partial charge in [0.2, 0.25) is 5.91 Å². The van der Waals surface area contributed by atoms with Gasteiger partial charge < -0.3 is 15.2 Å². The summed E-state index contributed by atoms with van der Waals surface area (Å²) in [4.78, 5) is 29.8. The van der Waals surface area contributed by atoms with Crippen LogP contribution in [0.15, 0.2) is 78.9 Å². The van der Waals surface area contributed by atoms with Crippen LogP contribution in [0.3, 0.4) is 0 Å². The normalized spacial score (nSPS) is 10.7. The van der Waals surface area contributed by atoms with E-state index in [1.165, 1.54) is 0 Å². The van der Waals surface area contributed by atoms with Gasteiger partial charge in [-0.2, -0.15) is 0 Å². The molecule has 0 aliphatic rings. The largest absolute Gasteiger partial charge is 0.352 e. The van der Waals surface area contributed by atoms with Crippen molar-refractivity contribution in [1.82, 2.24) is 14.9 Å². The van der Waals surface area contributed by atoms with E-state index < -0.39 is 0 Å². The van der Waals surface area contributed by atoms with Gasteiger partial charge in [0.25, 0.3) is 5.91 Å². The Morgan fingerprint density at radius 3 is 2.42 bits per heavy atom. The molecule has 6 heteroatoms. The molecule has 0 saturated carbocycles. The summed E-state index contributed by atoms with van der Waals surface area (Å²) in [6.07, 6.45) is 0.519. The Bertz CT molecular complexity index is 1210. The van der Waals surface area contributed by atoms with E-state index in [-0.39, 0.29) is 18.4 Å². The predicted molar refractivity (Wildman–Crippen MR) is 122 cm³/mol. The van der Waals surface area contributed by atoms with Gasteiger partial charge >= 0.3 is 0 Å². The standard InChI is InChI=1S/C25H24N4O2/c1-18-9-5-6-12-20(18)28-24(30)17-29-22-14-8-7-13-21(22)27-23(29)15-16-26-25(31)19-10-3-2-4-11-19/h2-14H,15-17H2,1H3,(H,26,31)(H,28,30). The van der Waals surface area contributed by atoms with Crippen LogP contribution in [0.25, 0.3) is 11.0 Å². The third-order valence-electron chi connectivity index (χ3n) is 5.12. The van der Waals surface area contributed by atoms with Crippen molar-refractivity contribution in [2.45, 2.75) is 19.9 Å². The van der Waals surface area contributed by atoms with Gasteiger partial charge in [0.15, 0.2) is 0 Å². The summed E-state index contributed by atoms with van der Waals surface area (Å²) in [6, 6.07) is 24.5. The number of para-hydroxylation sites is 3. The molecular formula is C25H24N4O2. The third-order valence-corrected chi connectivity index (χ3v) is 5.12. The molecule has 0 aliphatic heterocycles. The second-order valence-corrected chi connectivity index (χ2v) is 7.34. The van der Waals surface area contributed by atoms with Gasteiger partial charge in [-0.1, -0.05) is 48.5 Å². The number of aromatic nitrogens is 2. The molecule has 6 nitrogen and oxygen atoms in total. The number of carbonyl (C=O) groups excluding carboxylic acids is 2. The lowest BCUT2D eigenvalue weighted by Gasteiger charge is -2.12. The van der Waals surface area contributed by atoms with Gasteiger partial charge in [-0.3, -0.25) is 9.59 Å². The second kappa shape index (κ2) is 9.26. The van der Waals surface area contributed by atoms with E-state index in [4.69, 9.17) is 4.98 Å². The maximum Gasteiger partial charge on any atom is 0.251 e. The summed E-state index contributed by atoms with van der Waals surface area (Å²) in [6.45, 7) is 2.54. The minimum atomic E-state index is -0.124. The summed E-state index contributed by atoms with van der Waals surface area (Å²) in [5, 5.41) is 5.91. The van der Waals surface area contributed by atoms with Crippen molar-refractivity contribution in [3.8, 4) is 0 Å². The van der Waals surface area contributed by atoms with E-state index in [0.29, 0.717) is 18.5 Å². The van der Waals surface area contributed by atoms with Crippen LogP contribution in [0.1, 0.15) is 21.7 Å².